The monoisotopic (exact) mass is 320 g/mol. The van der Waals surface area contributed by atoms with Gasteiger partial charge in [0.2, 0.25) is 0 Å². The molecule has 2 aromatic carbocycles. The number of nitrogens with zero attached hydrogens (tertiary/aromatic N) is 2. The summed E-state index contributed by atoms with van der Waals surface area (Å²) in [6.07, 6.45) is 5.17. The highest BCUT2D eigenvalue weighted by Crippen LogP contribution is 2.52. The number of phenolic OH excluding ortho intramolecular Hbond substituents is 1. The van der Waals surface area contributed by atoms with Gasteiger partial charge in [0.15, 0.2) is 5.72 Å². The number of phenols is 1. The van der Waals surface area contributed by atoms with Crippen LogP contribution >= 0.6 is 0 Å². The molecule has 4 nitrogen and oxygen atoms in total. The zero-order chi connectivity index (χ0) is 16.1. The minimum Gasteiger partial charge on any atom is -0.507 e. The molecule has 1 N–H and O–H groups in total. The van der Waals surface area contributed by atoms with Gasteiger partial charge in [-0.1, -0.05) is 30.3 Å². The molecule has 1 spiro atoms. The first-order valence-corrected chi connectivity index (χ1v) is 8.70. The molecule has 4 heteroatoms. The Balaban J connectivity index is 1.63. The van der Waals surface area contributed by atoms with Crippen LogP contribution in [0.15, 0.2) is 53.6 Å². The van der Waals surface area contributed by atoms with E-state index < -0.39 is 0 Å². The van der Waals surface area contributed by atoms with Crippen LogP contribution in [-0.4, -0.2) is 21.6 Å². The molecule has 24 heavy (non-hydrogen) atoms. The van der Waals surface area contributed by atoms with E-state index in [1.165, 1.54) is 18.4 Å². The third-order valence-electron chi connectivity index (χ3n) is 5.51. The molecule has 5 rings (SSSR count). The van der Waals surface area contributed by atoms with E-state index in [2.05, 4.69) is 23.2 Å². The maximum atomic E-state index is 10.2. The second-order valence-corrected chi connectivity index (χ2v) is 6.92. The number of hydrogen-bond donors (Lipinski definition) is 1. The molecule has 2 aliphatic heterocycles. The maximum absolute atomic E-state index is 10.2. The average molecular weight is 320 g/mol. The first-order chi connectivity index (χ1) is 11.8. The Labute approximate surface area is 141 Å². The van der Waals surface area contributed by atoms with Crippen molar-refractivity contribution in [2.75, 3.05) is 0 Å². The maximum Gasteiger partial charge on any atom is 0.198 e. The zero-order valence-electron chi connectivity index (χ0n) is 13.5. The highest BCUT2D eigenvalue weighted by atomic mass is 16.5. The number of para-hydroxylation sites is 2. The van der Waals surface area contributed by atoms with E-state index in [9.17, 15) is 5.11 Å². The Kier molecular flexibility index (Phi) is 2.90. The molecule has 0 unspecified atom stereocenters. The van der Waals surface area contributed by atoms with Crippen LogP contribution in [-0.2, 0) is 0 Å². The number of fused-ring (bicyclic) bond motifs is 4. The highest BCUT2D eigenvalue weighted by Gasteiger charge is 2.51. The van der Waals surface area contributed by atoms with Crippen molar-refractivity contribution in [3.63, 3.8) is 0 Å². The van der Waals surface area contributed by atoms with Gasteiger partial charge >= 0.3 is 0 Å². The second kappa shape index (κ2) is 5.00. The van der Waals surface area contributed by atoms with Crippen LogP contribution in [0.3, 0.4) is 0 Å². The van der Waals surface area contributed by atoms with Gasteiger partial charge in [0.25, 0.3) is 0 Å². The quantitative estimate of drug-likeness (QED) is 0.856. The van der Waals surface area contributed by atoms with Crippen LogP contribution < -0.4 is 4.74 Å². The Hall–Kier alpha value is -2.49. The molecule has 0 saturated heterocycles. The van der Waals surface area contributed by atoms with E-state index in [0.717, 1.165) is 36.3 Å². The van der Waals surface area contributed by atoms with Crippen LogP contribution in [0.1, 0.15) is 49.3 Å². The molecule has 1 saturated carbocycles. The molecule has 0 radical (unpaired) electrons. The molecule has 0 amide bonds. The lowest BCUT2D eigenvalue weighted by atomic mass is 9.94. The summed E-state index contributed by atoms with van der Waals surface area (Å²) < 4.78 is 6.47. The lowest BCUT2D eigenvalue weighted by molar-refractivity contribution is -0.114. The number of ether oxygens (including phenoxy) is 1. The van der Waals surface area contributed by atoms with Gasteiger partial charge in [-0.15, -0.1) is 0 Å². The van der Waals surface area contributed by atoms with Crippen molar-refractivity contribution in [1.82, 2.24) is 5.01 Å². The Morgan fingerprint density at radius 2 is 1.79 bits per heavy atom. The topological polar surface area (TPSA) is 45.1 Å². The first kappa shape index (κ1) is 13.9. The number of hydrogen-bond acceptors (Lipinski definition) is 4. The van der Waals surface area contributed by atoms with Gasteiger partial charge in [0.05, 0.1) is 11.8 Å². The number of benzene rings is 2. The van der Waals surface area contributed by atoms with Crippen molar-refractivity contribution in [1.29, 1.82) is 0 Å². The fraction of sp³-hybridized carbons (Fsp3) is 0.350. The Morgan fingerprint density at radius 3 is 2.62 bits per heavy atom. The first-order valence-electron chi connectivity index (χ1n) is 8.70. The Morgan fingerprint density at radius 1 is 1.04 bits per heavy atom. The summed E-state index contributed by atoms with van der Waals surface area (Å²) in [5, 5.41) is 17.4. The Bertz CT molecular complexity index is 824. The van der Waals surface area contributed by atoms with Crippen LogP contribution in [0.2, 0.25) is 0 Å². The van der Waals surface area contributed by atoms with Gasteiger partial charge in [0.1, 0.15) is 11.5 Å². The highest BCUT2D eigenvalue weighted by molar-refractivity contribution is 6.04. The smallest absolute Gasteiger partial charge is 0.198 e. The van der Waals surface area contributed by atoms with Crippen molar-refractivity contribution in [3.8, 4) is 11.5 Å². The van der Waals surface area contributed by atoms with Crippen molar-refractivity contribution >= 4 is 5.71 Å². The molecule has 122 valence electrons. The molecule has 1 aliphatic carbocycles. The summed E-state index contributed by atoms with van der Waals surface area (Å²) in [6, 6.07) is 16.0. The molecule has 3 aliphatic rings. The van der Waals surface area contributed by atoms with Gasteiger partial charge in [0, 0.05) is 30.4 Å². The minimum absolute atomic E-state index is 0.197. The zero-order valence-corrected chi connectivity index (χ0v) is 13.5. The normalized spacial score (nSPS) is 23.6. The van der Waals surface area contributed by atoms with Gasteiger partial charge in [-0.3, -0.25) is 0 Å². The number of aromatic hydroxyl groups is 1. The van der Waals surface area contributed by atoms with E-state index in [1.54, 1.807) is 6.07 Å². The van der Waals surface area contributed by atoms with Gasteiger partial charge in [-0.2, -0.15) is 5.10 Å². The molecule has 1 fully saturated rings. The van der Waals surface area contributed by atoms with E-state index in [-0.39, 0.29) is 11.8 Å². The standard InChI is InChI=1S/C20H20N2O2/c23-18-9-3-1-7-14(18)16-13-17-15-8-2-4-10-19(15)24-20(22(17)21-16)11-5-6-12-20/h1-4,7-10,17,23H,5-6,11-13H2/t17-/m1/s1. The summed E-state index contributed by atoms with van der Waals surface area (Å²) in [5.41, 5.74) is 2.66. The molecule has 0 bridgehead atoms. The van der Waals surface area contributed by atoms with E-state index in [1.807, 2.05) is 24.3 Å². The minimum atomic E-state index is -0.314. The average Bonchev–Trinajstić information content (AvgIpc) is 3.24. The van der Waals surface area contributed by atoms with Crippen molar-refractivity contribution in [3.05, 3.63) is 59.7 Å². The molecular weight excluding hydrogens is 300 g/mol. The van der Waals surface area contributed by atoms with Gasteiger partial charge < -0.3 is 9.84 Å². The third-order valence-corrected chi connectivity index (χ3v) is 5.51. The van der Waals surface area contributed by atoms with Crippen molar-refractivity contribution < 1.29 is 9.84 Å². The van der Waals surface area contributed by atoms with E-state index in [0.29, 0.717) is 5.75 Å². The third kappa shape index (κ3) is 1.89. The van der Waals surface area contributed by atoms with Crippen LogP contribution in [0.25, 0.3) is 0 Å². The van der Waals surface area contributed by atoms with E-state index >= 15 is 0 Å². The molecule has 0 aromatic heterocycles. The SMILES string of the molecule is Oc1ccccc1C1=NN2[C@H](C1)c1ccccc1OC21CCCC1. The second-order valence-electron chi connectivity index (χ2n) is 6.92. The van der Waals surface area contributed by atoms with Gasteiger partial charge in [-0.05, 0) is 31.0 Å². The van der Waals surface area contributed by atoms with Gasteiger partial charge in [-0.25, -0.2) is 5.01 Å². The molecule has 1 atom stereocenters. The van der Waals surface area contributed by atoms with Crippen molar-refractivity contribution in [2.45, 2.75) is 43.9 Å². The fourth-order valence-electron chi connectivity index (χ4n) is 4.37. The summed E-state index contributed by atoms with van der Waals surface area (Å²) in [4.78, 5) is 0. The van der Waals surface area contributed by atoms with Crippen LogP contribution in [0.4, 0.5) is 0 Å². The summed E-state index contributed by atoms with van der Waals surface area (Å²) in [5.74, 6) is 1.29. The molecular formula is C20H20N2O2. The largest absolute Gasteiger partial charge is 0.507 e. The predicted molar refractivity (Wildman–Crippen MR) is 92.1 cm³/mol. The van der Waals surface area contributed by atoms with Crippen LogP contribution in [0, 0.1) is 0 Å². The molecule has 2 aromatic rings. The van der Waals surface area contributed by atoms with Crippen LogP contribution in [0.5, 0.6) is 11.5 Å². The lowest BCUT2D eigenvalue weighted by Gasteiger charge is -2.45. The predicted octanol–water partition coefficient (Wildman–Crippen LogP) is 4.21. The fourth-order valence-corrected chi connectivity index (χ4v) is 4.37. The molecule has 2 heterocycles. The van der Waals surface area contributed by atoms with E-state index in [4.69, 9.17) is 9.84 Å². The summed E-state index contributed by atoms with van der Waals surface area (Å²) in [6.45, 7) is 0. The number of rotatable bonds is 1. The summed E-state index contributed by atoms with van der Waals surface area (Å²) >= 11 is 0. The number of hydrazone groups is 1. The van der Waals surface area contributed by atoms with Crippen molar-refractivity contribution in [2.24, 2.45) is 5.10 Å². The lowest BCUT2D eigenvalue weighted by Crippen LogP contribution is -2.51. The summed E-state index contributed by atoms with van der Waals surface area (Å²) in [7, 11) is 0.